The van der Waals surface area contributed by atoms with E-state index in [1.54, 1.807) is 12.1 Å². The summed E-state index contributed by atoms with van der Waals surface area (Å²) in [5.41, 5.74) is 2.99. The largest absolute Gasteiger partial charge is 0.507 e. The van der Waals surface area contributed by atoms with Crippen molar-refractivity contribution in [3.63, 3.8) is 0 Å². The van der Waals surface area contributed by atoms with Crippen LogP contribution in [0.5, 0.6) is 11.5 Å². The van der Waals surface area contributed by atoms with Crippen molar-refractivity contribution in [3.8, 4) is 11.5 Å². The van der Waals surface area contributed by atoms with Crippen LogP contribution in [0.4, 0.5) is 0 Å². The number of phenolic OH excluding ortho intramolecular Hbond substituents is 1. The van der Waals surface area contributed by atoms with Gasteiger partial charge in [-0.2, -0.15) is 5.10 Å². The third-order valence-corrected chi connectivity index (χ3v) is 3.92. The first-order valence-electron chi connectivity index (χ1n) is 8.59. The van der Waals surface area contributed by atoms with Gasteiger partial charge in [-0.15, -0.1) is 0 Å². The van der Waals surface area contributed by atoms with Gasteiger partial charge in [0.1, 0.15) is 11.5 Å². The first kappa shape index (κ1) is 18.3. The van der Waals surface area contributed by atoms with E-state index in [1.807, 2.05) is 13.8 Å². The summed E-state index contributed by atoms with van der Waals surface area (Å²) in [6.07, 6.45) is 7.48. The van der Waals surface area contributed by atoms with E-state index in [2.05, 4.69) is 15.8 Å². The Kier molecular flexibility index (Phi) is 7.06. The van der Waals surface area contributed by atoms with Crippen molar-refractivity contribution in [1.29, 1.82) is 0 Å². The SMILES string of the molecule is CC(C)Oc1ccc(/C=N\NC(=O)CNC2CCCCC2)c(O)c1. The number of amides is 1. The molecule has 24 heavy (non-hydrogen) atoms. The summed E-state index contributed by atoms with van der Waals surface area (Å²) in [7, 11) is 0. The number of carbonyl (C=O) groups is 1. The maximum Gasteiger partial charge on any atom is 0.254 e. The first-order valence-corrected chi connectivity index (χ1v) is 8.59. The van der Waals surface area contributed by atoms with E-state index in [-0.39, 0.29) is 24.3 Å². The Labute approximate surface area is 143 Å². The molecule has 1 aromatic carbocycles. The van der Waals surface area contributed by atoms with E-state index in [9.17, 15) is 9.90 Å². The first-order chi connectivity index (χ1) is 11.5. The standard InChI is InChI=1S/C18H27N3O3/c1-13(2)24-16-9-8-14(17(22)10-16)11-20-21-18(23)12-19-15-6-4-3-5-7-15/h8-11,13,15,19,22H,3-7,12H2,1-2H3,(H,21,23)/b20-11-. The summed E-state index contributed by atoms with van der Waals surface area (Å²) in [5, 5.41) is 17.1. The fraction of sp³-hybridized carbons (Fsp3) is 0.556. The number of rotatable bonds is 7. The number of ether oxygens (including phenoxy) is 1. The van der Waals surface area contributed by atoms with E-state index in [4.69, 9.17) is 4.74 Å². The van der Waals surface area contributed by atoms with Crippen molar-refractivity contribution in [2.45, 2.75) is 58.1 Å². The number of nitrogens with zero attached hydrogens (tertiary/aromatic N) is 1. The molecule has 0 radical (unpaired) electrons. The molecular formula is C18H27N3O3. The van der Waals surface area contributed by atoms with E-state index < -0.39 is 0 Å². The smallest absolute Gasteiger partial charge is 0.254 e. The van der Waals surface area contributed by atoms with Gasteiger partial charge in [-0.25, -0.2) is 5.43 Å². The summed E-state index contributed by atoms with van der Waals surface area (Å²) in [4.78, 5) is 11.8. The van der Waals surface area contributed by atoms with Gasteiger partial charge in [0, 0.05) is 17.7 Å². The van der Waals surface area contributed by atoms with E-state index >= 15 is 0 Å². The number of phenols is 1. The zero-order valence-corrected chi connectivity index (χ0v) is 14.4. The minimum atomic E-state index is -0.184. The minimum Gasteiger partial charge on any atom is -0.507 e. The molecule has 132 valence electrons. The Morgan fingerprint density at radius 3 is 2.79 bits per heavy atom. The van der Waals surface area contributed by atoms with Crippen LogP contribution in [-0.4, -0.2) is 35.9 Å². The van der Waals surface area contributed by atoms with Gasteiger partial charge in [-0.1, -0.05) is 19.3 Å². The zero-order valence-electron chi connectivity index (χ0n) is 14.4. The molecule has 1 aliphatic carbocycles. The van der Waals surface area contributed by atoms with Gasteiger partial charge in [0.25, 0.3) is 5.91 Å². The molecule has 6 heteroatoms. The summed E-state index contributed by atoms with van der Waals surface area (Å²) in [6.45, 7) is 4.10. The topological polar surface area (TPSA) is 83.0 Å². The number of nitrogens with one attached hydrogen (secondary N) is 2. The van der Waals surface area contributed by atoms with Crippen LogP contribution < -0.4 is 15.5 Å². The molecule has 1 aromatic rings. The summed E-state index contributed by atoms with van der Waals surface area (Å²) >= 11 is 0. The van der Waals surface area contributed by atoms with Crippen molar-refractivity contribution in [1.82, 2.24) is 10.7 Å². The number of hydrogen-bond acceptors (Lipinski definition) is 5. The fourth-order valence-corrected chi connectivity index (χ4v) is 2.74. The highest BCUT2D eigenvalue weighted by atomic mass is 16.5. The van der Waals surface area contributed by atoms with Crippen LogP contribution in [0, 0.1) is 0 Å². The second-order valence-electron chi connectivity index (χ2n) is 6.40. The Balaban J connectivity index is 1.77. The van der Waals surface area contributed by atoms with Crippen LogP contribution in [0.1, 0.15) is 51.5 Å². The number of benzene rings is 1. The van der Waals surface area contributed by atoms with Crippen molar-refractivity contribution in [2.75, 3.05) is 6.54 Å². The lowest BCUT2D eigenvalue weighted by atomic mass is 9.95. The molecule has 0 spiro atoms. The van der Waals surface area contributed by atoms with Gasteiger partial charge in [-0.05, 0) is 38.8 Å². The van der Waals surface area contributed by atoms with Crippen molar-refractivity contribution >= 4 is 12.1 Å². The number of hydrogen-bond donors (Lipinski definition) is 3. The van der Waals surface area contributed by atoms with E-state index in [1.165, 1.54) is 31.5 Å². The Morgan fingerprint density at radius 1 is 1.38 bits per heavy atom. The maximum atomic E-state index is 11.8. The molecule has 1 saturated carbocycles. The van der Waals surface area contributed by atoms with Crippen LogP contribution in [0.3, 0.4) is 0 Å². The second-order valence-corrected chi connectivity index (χ2v) is 6.40. The average molecular weight is 333 g/mol. The normalized spacial score (nSPS) is 15.8. The Hall–Kier alpha value is -2.08. The fourth-order valence-electron chi connectivity index (χ4n) is 2.74. The van der Waals surface area contributed by atoms with Gasteiger partial charge < -0.3 is 15.2 Å². The molecule has 0 atom stereocenters. The summed E-state index contributed by atoms with van der Waals surface area (Å²) < 4.78 is 5.50. The molecule has 1 fully saturated rings. The Bertz CT molecular complexity index is 567. The molecular weight excluding hydrogens is 306 g/mol. The number of hydrazone groups is 1. The molecule has 0 aliphatic heterocycles. The molecule has 1 amide bonds. The lowest BCUT2D eigenvalue weighted by molar-refractivity contribution is -0.120. The van der Waals surface area contributed by atoms with Crippen LogP contribution in [0.15, 0.2) is 23.3 Å². The van der Waals surface area contributed by atoms with Gasteiger partial charge in [0.2, 0.25) is 0 Å². The highest BCUT2D eigenvalue weighted by Gasteiger charge is 2.13. The van der Waals surface area contributed by atoms with Gasteiger partial charge in [0.05, 0.1) is 18.9 Å². The third kappa shape index (κ3) is 6.20. The molecule has 0 aromatic heterocycles. The van der Waals surface area contributed by atoms with Crippen molar-refractivity contribution < 1.29 is 14.6 Å². The van der Waals surface area contributed by atoms with Crippen molar-refractivity contribution in [3.05, 3.63) is 23.8 Å². The average Bonchev–Trinajstić information content (AvgIpc) is 2.55. The predicted octanol–water partition coefficient (Wildman–Crippen LogP) is 2.55. The van der Waals surface area contributed by atoms with Crippen LogP contribution in [0.2, 0.25) is 0 Å². The van der Waals surface area contributed by atoms with E-state index in [0.717, 1.165) is 12.8 Å². The quantitative estimate of drug-likeness (QED) is 0.529. The molecule has 3 N–H and O–H groups in total. The van der Waals surface area contributed by atoms with Crippen LogP contribution >= 0.6 is 0 Å². The minimum absolute atomic E-state index is 0.0415. The van der Waals surface area contributed by atoms with E-state index in [0.29, 0.717) is 17.4 Å². The van der Waals surface area contributed by atoms with Gasteiger partial charge in [0.15, 0.2) is 0 Å². The summed E-state index contributed by atoms with van der Waals surface area (Å²) in [6, 6.07) is 5.43. The maximum absolute atomic E-state index is 11.8. The zero-order chi connectivity index (χ0) is 17.4. The number of carbonyl (C=O) groups excluding carboxylic acids is 1. The highest BCUT2D eigenvalue weighted by molar-refractivity contribution is 5.85. The highest BCUT2D eigenvalue weighted by Crippen LogP contribution is 2.23. The van der Waals surface area contributed by atoms with Gasteiger partial charge >= 0.3 is 0 Å². The Morgan fingerprint density at radius 2 is 2.12 bits per heavy atom. The summed E-state index contributed by atoms with van der Waals surface area (Å²) in [5.74, 6) is 0.475. The monoisotopic (exact) mass is 333 g/mol. The molecule has 6 nitrogen and oxygen atoms in total. The lowest BCUT2D eigenvalue weighted by Gasteiger charge is -2.22. The molecule has 1 aliphatic rings. The van der Waals surface area contributed by atoms with Crippen molar-refractivity contribution in [2.24, 2.45) is 5.10 Å². The molecule has 0 saturated heterocycles. The van der Waals surface area contributed by atoms with Crippen LogP contribution in [0.25, 0.3) is 0 Å². The molecule has 0 bridgehead atoms. The molecule has 0 heterocycles. The predicted molar refractivity (Wildman–Crippen MR) is 94.5 cm³/mol. The number of aromatic hydroxyl groups is 1. The lowest BCUT2D eigenvalue weighted by Crippen LogP contribution is -2.38. The van der Waals surface area contributed by atoms with Crippen LogP contribution in [-0.2, 0) is 4.79 Å². The molecule has 2 rings (SSSR count). The third-order valence-electron chi connectivity index (χ3n) is 3.92. The second kappa shape index (κ2) is 9.27. The molecule has 0 unspecified atom stereocenters. The van der Waals surface area contributed by atoms with Gasteiger partial charge in [-0.3, -0.25) is 4.79 Å².